The zero-order valence-electron chi connectivity index (χ0n) is 15.8. The summed E-state index contributed by atoms with van der Waals surface area (Å²) in [6.07, 6.45) is 3.27. The van der Waals surface area contributed by atoms with E-state index in [1.54, 1.807) is 7.11 Å². The van der Waals surface area contributed by atoms with E-state index in [2.05, 4.69) is 10.6 Å². The molecule has 1 aliphatic heterocycles. The normalized spacial score (nSPS) is 28.0. The summed E-state index contributed by atoms with van der Waals surface area (Å²) < 4.78 is 5.30. The number of rotatable bonds is 5. The molecule has 1 heterocycles. The first-order chi connectivity index (χ1) is 12.5. The Kier molecular flexibility index (Phi) is 5.81. The minimum atomic E-state index is -0.0484. The molecule has 2 fully saturated rings. The molecular weight excluding hydrogens is 330 g/mol. The first-order valence-corrected chi connectivity index (χ1v) is 9.34. The third-order valence-electron chi connectivity index (χ3n) is 5.64. The second-order valence-electron chi connectivity index (χ2n) is 7.69. The number of piperidine rings is 1. The smallest absolute Gasteiger partial charge is 0.251 e. The highest BCUT2D eigenvalue weighted by Gasteiger charge is 2.40. The van der Waals surface area contributed by atoms with Gasteiger partial charge in [0, 0.05) is 57.6 Å². The van der Waals surface area contributed by atoms with Gasteiger partial charge in [0.25, 0.3) is 5.91 Å². The molecule has 2 amide bonds. The van der Waals surface area contributed by atoms with Gasteiger partial charge in [-0.3, -0.25) is 9.59 Å². The molecule has 4 unspecified atom stereocenters. The van der Waals surface area contributed by atoms with Crippen LogP contribution in [0.5, 0.6) is 0 Å². The molecule has 1 saturated heterocycles. The van der Waals surface area contributed by atoms with Crippen molar-refractivity contribution in [3.05, 3.63) is 29.8 Å². The zero-order valence-corrected chi connectivity index (χ0v) is 15.8. The van der Waals surface area contributed by atoms with Crippen molar-refractivity contribution in [3.63, 3.8) is 0 Å². The molecule has 3 rings (SSSR count). The van der Waals surface area contributed by atoms with Crippen LogP contribution < -0.4 is 15.5 Å². The van der Waals surface area contributed by atoms with Gasteiger partial charge in [0.2, 0.25) is 5.91 Å². The van der Waals surface area contributed by atoms with Crippen LogP contribution >= 0.6 is 0 Å². The fourth-order valence-corrected chi connectivity index (χ4v) is 4.30. The summed E-state index contributed by atoms with van der Waals surface area (Å²) in [7, 11) is 5.61. The first kappa shape index (κ1) is 18.7. The molecule has 0 bridgehead atoms. The number of nitrogens with one attached hydrogen (secondary N) is 2. The van der Waals surface area contributed by atoms with Gasteiger partial charge in [-0.1, -0.05) is 6.07 Å². The molecule has 0 radical (unpaired) electrons. The molecule has 0 spiro atoms. The van der Waals surface area contributed by atoms with Crippen LogP contribution in [0.3, 0.4) is 0 Å². The Morgan fingerprint density at radius 1 is 1.35 bits per heavy atom. The molecular formula is C20H29N3O3. The van der Waals surface area contributed by atoms with Crippen molar-refractivity contribution in [2.45, 2.75) is 37.8 Å². The highest BCUT2D eigenvalue weighted by Crippen LogP contribution is 2.35. The van der Waals surface area contributed by atoms with Crippen molar-refractivity contribution < 1.29 is 14.3 Å². The van der Waals surface area contributed by atoms with Gasteiger partial charge in [0.05, 0.1) is 0 Å². The van der Waals surface area contributed by atoms with Crippen LogP contribution in [0.4, 0.5) is 5.69 Å². The van der Waals surface area contributed by atoms with E-state index in [9.17, 15) is 9.59 Å². The Morgan fingerprint density at radius 3 is 2.88 bits per heavy atom. The number of anilines is 1. The molecule has 1 aromatic carbocycles. The topological polar surface area (TPSA) is 70.7 Å². The molecule has 0 aromatic heterocycles. The Morgan fingerprint density at radius 2 is 2.15 bits per heavy atom. The third kappa shape index (κ3) is 4.18. The predicted octanol–water partition coefficient (Wildman–Crippen LogP) is 1.80. The van der Waals surface area contributed by atoms with E-state index in [1.807, 2.05) is 43.3 Å². The SMILES string of the molecule is COCC1CC(=O)NC2CC(NC(=O)c3cccc(N(C)C)c3)CCC12. The quantitative estimate of drug-likeness (QED) is 0.841. The van der Waals surface area contributed by atoms with E-state index < -0.39 is 0 Å². The largest absolute Gasteiger partial charge is 0.384 e. The van der Waals surface area contributed by atoms with E-state index in [-0.39, 0.29) is 29.8 Å². The van der Waals surface area contributed by atoms with Gasteiger partial charge in [-0.15, -0.1) is 0 Å². The molecule has 6 heteroatoms. The molecule has 2 N–H and O–H groups in total. The van der Waals surface area contributed by atoms with Crippen molar-refractivity contribution in [2.24, 2.45) is 11.8 Å². The van der Waals surface area contributed by atoms with Gasteiger partial charge in [-0.05, 0) is 49.3 Å². The van der Waals surface area contributed by atoms with E-state index >= 15 is 0 Å². The lowest BCUT2D eigenvalue weighted by Gasteiger charge is -2.43. The summed E-state index contributed by atoms with van der Waals surface area (Å²) in [5.74, 6) is 0.775. The fourth-order valence-electron chi connectivity index (χ4n) is 4.30. The van der Waals surface area contributed by atoms with E-state index in [1.165, 1.54) is 0 Å². The minimum absolute atomic E-state index is 0.0484. The predicted molar refractivity (Wildman–Crippen MR) is 101 cm³/mol. The number of ether oxygens (including phenoxy) is 1. The number of methoxy groups -OCH3 is 1. The van der Waals surface area contributed by atoms with Gasteiger partial charge in [0.1, 0.15) is 0 Å². The second-order valence-corrected chi connectivity index (χ2v) is 7.69. The highest BCUT2D eigenvalue weighted by molar-refractivity contribution is 5.95. The van der Waals surface area contributed by atoms with Gasteiger partial charge in [-0.2, -0.15) is 0 Å². The van der Waals surface area contributed by atoms with Crippen molar-refractivity contribution >= 4 is 17.5 Å². The van der Waals surface area contributed by atoms with E-state index in [4.69, 9.17) is 4.74 Å². The van der Waals surface area contributed by atoms with Crippen LogP contribution in [-0.4, -0.2) is 51.7 Å². The van der Waals surface area contributed by atoms with Gasteiger partial charge >= 0.3 is 0 Å². The Hall–Kier alpha value is -2.08. The highest BCUT2D eigenvalue weighted by atomic mass is 16.5. The zero-order chi connectivity index (χ0) is 18.7. The number of carbonyl (C=O) groups excluding carboxylic acids is 2. The lowest BCUT2D eigenvalue weighted by molar-refractivity contribution is -0.128. The average Bonchev–Trinajstić information content (AvgIpc) is 2.61. The van der Waals surface area contributed by atoms with Crippen molar-refractivity contribution in [1.82, 2.24) is 10.6 Å². The summed E-state index contributed by atoms with van der Waals surface area (Å²) in [6.45, 7) is 0.628. The van der Waals surface area contributed by atoms with Gasteiger partial charge in [0.15, 0.2) is 0 Å². The van der Waals surface area contributed by atoms with Crippen molar-refractivity contribution in [1.29, 1.82) is 0 Å². The first-order valence-electron chi connectivity index (χ1n) is 9.34. The van der Waals surface area contributed by atoms with Crippen LogP contribution in [0.25, 0.3) is 0 Å². The number of hydrogen-bond acceptors (Lipinski definition) is 4. The minimum Gasteiger partial charge on any atom is -0.384 e. The standard InChI is InChI=1S/C20H29N3O3/c1-23(2)16-6-4-5-13(9-16)20(25)21-15-7-8-17-14(12-26-3)10-19(24)22-18(17)11-15/h4-6,9,14-15,17-18H,7-8,10-12H2,1-3H3,(H,21,25)(H,22,24). The average molecular weight is 359 g/mol. The monoisotopic (exact) mass is 359 g/mol. The van der Waals surface area contributed by atoms with Crippen molar-refractivity contribution in [3.8, 4) is 0 Å². The number of carbonyl (C=O) groups is 2. The summed E-state index contributed by atoms with van der Waals surface area (Å²) >= 11 is 0. The number of benzene rings is 1. The van der Waals surface area contributed by atoms with Crippen LogP contribution in [0.2, 0.25) is 0 Å². The summed E-state index contributed by atoms with van der Waals surface area (Å²) in [4.78, 5) is 26.6. The fraction of sp³-hybridized carbons (Fsp3) is 0.600. The third-order valence-corrected chi connectivity index (χ3v) is 5.64. The molecule has 2 aliphatic rings. The maximum Gasteiger partial charge on any atom is 0.251 e. The number of amides is 2. The molecule has 142 valence electrons. The number of hydrogen-bond donors (Lipinski definition) is 2. The second kappa shape index (κ2) is 8.08. The number of nitrogens with zero attached hydrogens (tertiary/aromatic N) is 1. The molecule has 1 aromatic rings. The molecule has 6 nitrogen and oxygen atoms in total. The molecule has 4 atom stereocenters. The molecule has 1 saturated carbocycles. The van der Waals surface area contributed by atoms with Crippen LogP contribution in [0, 0.1) is 11.8 Å². The maximum atomic E-state index is 12.6. The van der Waals surface area contributed by atoms with E-state index in [0.717, 1.165) is 24.9 Å². The maximum absolute atomic E-state index is 12.6. The Bertz CT molecular complexity index is 661. The lowest BCUT2D eigenvalue weighted by atomic mass is 9.71. The number of fused-ring (bicyclic) bond motifs is 1. The lowest BCUT2D eigenvalue weighted by Crippen LogP contribution is -2.56. The molecule has 26 heavy (non-hydrogen) atoms. The Labute approximate surface area is 155 Å². The summed E-state index contributed by atoms with van der Waals surface area (Å²) in [5.41, 5.74) is 1.67. The van der Waals surface area contributed by atoms with Crippen molar-refractivity contribution in [2.75, 3.05) is 32.7 Å². The van der Waals surface area contributed by atoms with E-state index in [0.29, 0.717) is 24.5 Å². The summed E-state index contributed by atoms with van der Waals surface area (Å²) in [5, 5.41) is 6.28. The summed E-state index contributed by atoms with van der Waals surface area (Å²) in [6, 6.07) is 7.84. The van der Waals surface area contributed by atoms with Crippen LogP contribution in [0.1, 0.15) is 36.0 Å². The van der Waals surface area contributed by atoms with Crippen LogP contribution in [-0.2, 0) is 9.53 Å². The van der Waals surface area contributed by atoms with Gasteiger partial charge in [-0.25, -0.2) is 0 Å². The van der Waals surface area contributed by atoms with Crippen LogP contribution in [0.15, 0.2) is 24.3 Å². The van der Waals surface area contributed by atoms with Gasteiger partial charge < -0.3 is 20.3 Å². The molecule has 1 aliphatic carbocycles. The Balaban J connectivity index is 1.62.